The molecule has 1 aromatic rings. The van der Waals surface area contributed by atoms with Crippen LogP contribution in [0, 0.1) is 0 Å². The maximum absolute atomic E-state index is 12.3. The van der Waals surface area contributed by atoms with Crippen LogP contribution in [0.3, 0.4) is 0 Å². The molecule has 0 saturated carbocycles. The van der Waals surface area contributed by atoms with Crippen molar-refractivity contribution in [3.63, 3.8) is 0 Å². The first-order chi connectivity index (χ1) is 8.96. The Morgan fingerprint density at radius 3 is 2.89 bits per heavy atom. The summed E-state index contributed by atoms with van der Waals surface area (Å²) in [6, 6.07) is 0. The number of carbonyl (C=O) groups excluding carboxylic acids is 2. The van der Waals surface area contributed by atoms with E-state index < -0.39 is 11.5 Å². The molecule has 0 bridgehead atoms. The van der Waals surface area contributed by atoms with Gasteiger partial charge in [0.05, 0.1) is 24.9 Å². The number of aryl methyl sites for hydroxylation is 1. The Bertz CT molecular complexity index is 499. The first-order valence-electron chi connectivity index (χ1n) is 6.22. The van der Waals surface area contributed by atoms with Crippen molar-refractivity contribution >= 4 is 11.8 Å². The third kappa shape index (κ3) is 2.60. The van der Waals surface area contributed by atoms with E-state index >= 15 is 0 Å². The average molecular weight is 266 g/mol. The molecule has 7 nitrogen and oxygen atoms in total. The van der Waals surface area contributed by atoms with Crippen LogP contribution >= 0.6 is 0 Å². The van der Waals surface area contributed by atoms with Gasteiger partial charge in [-0.3, -0.25) is 14.3 Å². The van der Waals surface area contributed by atoms with Crippen molar-refractivity contribution in [2.45, 2.75) is 26.0 Å². The summed E-state index contributed by atoms with van der Waals surface area (Å²) in [6.45, 7) is 5.16. The number of morpholine rings is 1. The van der Waals surface area contributed by atoms with Crippen LogP contribution in [0.4, 0.5) is 0 Å². The Morgan fingerprint density at radius 2 is 2.32 bits per heavy atom. The van der Waals surface area contributed by atoms with Crippen molar-refractivity contribution in [1.29, 1.82) is 0 Å². The lowest BCUT2D eigenvalue weighted by atomic mass is 10.0. The second kappa shape index (κ2) is 5.00. The molecular weight excluding hydrogens is 248 g/mol. The largest absolute Gasteiger partial charge is 0.367 e. The number of hydrogen-bond donors (Lipinski definition) is 1. The van der Waals surface area contributed by atoms with Crippen LogP contribution in [-0.4, -0.2) is 51.8 Å². The highest BCUT2D eigenvalue weighted by molar-refractivity contribution is 5.94. The van der Waals surface area contributed by atoms with Crippen LogP contribution in [0.25, 0.3) is 0 Å². The number of nitrogens with two attached hydrogens (primary N) is 1. The van der Waals surface area contributed by atoms with E-state index in [0.717, 1.165) is 0 Å². The van der Waals surface area contributed by atoms with E-state index in [1.165, 1.54) is 6.20 Å². The van der Waals surface area contributed by atoms with E-state index in [1.54, 1.807) is 22.7 Å². The third-order valence-corrected chi connectivity index (χ3v) is 3.29. The zero-order valence-corrected chi connectivity index (χ0v) is 11.1. The number of amides is 2. The fourth-order valence-corrected chi connectivity index (χ4v) is 2.02. The minimum atomic E-state index is -1.12. The van der Waals surface area contributed by atoms with Gasteiger partial charge in [0.1, 0.15) is 0 Å². The zero-order chi connectivity index (χ0) is 14.0. The quantitative estimate of drug-likeness (QED) is 0.807. The third-order valence-electron chi connectivity index (χ3n) is 3.29. The summed E-state index contributed by atoms with van der Waals surface area (Å²) in [6.07, 6.45) is 3.22. The molecule has 2 rings (SSSR count). The number of hydrogen-bond acceptors (Lipinski definition) is 4. The highest BCUT2D eigenvalue weighted by Gasteiger charge is 2.39. The van der Waals surface area contributed by atoms with Gasteiger partial charge in [-0.2, -0.15) is 5.10 Å². The number of rotatable bonds is 3. The lowest BCUT2D eigenvalue weighted by Gasteiger charge is -2.38. The monoisotopic (exact) mass is 266 g/mol. The minimum Gasteiger partial charge on any atom is -0.367 e. The molecule has 1 fully saturated rings. The molecule has 2 amide bonds. The lowest BCUT2D eigenvalue weighted by molar-refractivity contribution is -0.150. The maximum atomic E-state index is 12.3. The first-order valence-corrected chi connectivity index (χ1v) is 6.22. The summed E-state index contributed by atoms with van der Waals surface area (Å²) in [5.41, 5.74) is 4.70. The van der Waals surface area contributed by atoms with E-state index in [-0.39, 0.29) is 12.5 Å². The molecule has 0 radical (unpaired) electrons. The molecule has 0 unspecified atom stereocenters. The van der Waals surface area contributed by atoms with Gasteiger partial charge >= 0.3 is 0 Å². The highest BCUT2D eigenvalue weighted by atomic mass is 16.5. The van der Waals surface area contributed by atoms with Crippen molar-refractivity contribution in [2.24, 2.45) is 5.73 Å². The summed E-state index contributed by atoms with van der Waals surface area (Å²) in [5, 5.41) is 4.07. The fourth-order valence-electron chi connectivity index (χ4n) is 2.02. The second-order valence-corrected chi connectivity index (χ2v) is 4.75. The Balaban J connectivity index is 2.13. The maximum Gasteiger partial charge on any atom is 0.257 e. The fraction of sp³-hybridized carbons (Fsp3) is 0.583. The smallest absolute Gasteiger partial charge is 0.257 e. The van der Waals surface area contributed by atoms with Gasteiger partial charge in [0.25, 0.3) is 11.8 Å². The van der Waals surface area contributed by atoms with Crippen molar-refractivity contribution in [3.8, 4) is 0 Å². The molecule has 1 aliphatic rings. The molecule has 2 N–H and O–H groups in total. The van der Waals surface area contributed by atoms with Crippen molar-refractivity contribution in [1.82, 2.24) is 14.7 Å². The van der Waals surface area contributed by atoms with Gasteiger partial charge < -0.3 is 15.4 Å². The summed E-state index contributed by atoms with van der Waals surface area (Å²) < 4.78 is 7.06. The van der Waals surface area contributed by atoms with Gasteiger partial charge in [0, 0.05) is 19.3 Å². The molecular formula is C12H18N4O3. The normalized spacial score (nSPS) is 23.4. The molecule has 0 aliphatic carbocycles. The Kier molecular flexibility index (Phi) is 3.57. The van der Waals surface area contributed by atoms with Gasteiger partial charge in [-0.15, -0.1) is 0 Å². The Morgan fingerprint density at radius 1 is 1.58 bits per heavy atom. The minimum absolute atomic E-state index is 0.157. The molecule has 0 aromatic carbocycles. The van der Waals surface area contributed by atoms with Crippen molar-refractivity contribution < 1.29 is 14.3 Å². The van der Waals surface area contributed by atoms with Gasteiger partial charge in [0.2, 0.25) is 0 Å². The van der Waals surface area contributed by atoms with E-state index in [9.17, 15) is 9.59 Å². The second-order valence-electron chi connectivity index (χ2n) is 4.75. The molecule has 1 aromatic heterocycles. The van der Waals surface area contributed by atoms with Crippen LogP contribution < -0.4 is 5.73 Å². The topological polar surface area (TPSA) is 90.5 Å². The van der Waals surface area contributed by atoms with E-state index in [2.05, 4.69) is 5.10 Å². The Hall–Kier alpha value is -1.89. The molecule has 2 heterocycles. The molecule has 1 saturated heterocycles. The number of nitrogens with zero attached hydrogens (tertiary/aromatic N) is 3. The molecule has 1 aliphatic heterocycles. The van der Waals surface area contributed by atoms with Gasteiger partial charge in [0.15, 0.2) is 5.60 Å². The number of ether oxygens (including phenoxy) is 1. The summed E-state index contributed by atoms with van der Waals surface area (Å²) >= 11 is 0. The lowest BCUT2D eigenvalue weighted by Crippen LogP contribution is -2.58. The summed E-state index contributed by atoms with van der Waals surface area (Å²) in [4.78, 5) is 25.3. The van der Waals surface area contributed by atoms with Crippen LogP contribution in [0.5, 0.6) is 0 Å². The highest BCUT2D eigenvalue weighted by Crippen LogP contribution is 2.19. The van der Waals surface area contributed by atoms with Crippen molar-refractivity contribution in [3.05, 3.63) is 18.0 Å². The molecule has 0 spiro atoms. The van der Waals surface area contributed by atoms with E-state index in [1.807, 2.05) is 6.92 Å². The standard InChI is InChI=1S/C12H18N4O3/c1-3-16-7-9(6-14-16)10(17)15-4-5-19-12(2,8-15)11(13)18/h6-7H,3-5,8H2,1-2H3,(H2,13,18)/t12-/m0/s1. The van der Waals surface area contributed by atoms with Gasteiger partial charge in [-0.1, -0.05) is 0 Å². The van der Waals surface area contributed by atoms with Crippen LogP contribution in [0.1, 0.15) is 24.2 Å². The number of primary amides is 1. The predicted octanol–water partition coefficient (Wildman–Crippen LogP) is -0.381. The zero-order valence-electron chi connectivity index (χ0n) is 11.1. The SMILES string of the molecule is CCn1cc(C(=O)N2CCO[C@](C)(C(N)=O)C2)cn1. The Labute approximate surface area is 111 Å². The predicted molar refractivity (Wildman–Crippen MR) is 67.4 cm³/mol. The molecule has 104 valence electrons. The van der Waals surface area contributed by atoms with E-state index in [0.29, 0.717) is 25.3 Å². The van der Waals surface area contributed by atoms with Crippen LogP contribution in [0.15, 0.2) is 12.4 Å². The number of carbonyl (C=O) groups is 2. The number of aromatic nitrogens is 2. The molecule has 1 atom stereocenters. The average Bonchev–Trinajstić information content (AvgIpc) is 2.86. The van der Waals surface area contributed by atoms with Crippen molar-refractivity contribution in [2.75, 3.05) is 19.7 Å². The molecule has 7 heteroatoms. The van der Waals surface area contributed by atoms with Crippen LogP contribution in [0.2, 0.25) is 0 Å². The van der Waals surface area contributed by atoms with Gasteiger partial charge in [-0.05, 0) is 13.8 Å². The first kappa shape index (κ1) is 13.5. The molecule has 19 heavy (non-hydrogen) atoms. The van der Waals surface area contributed by atoms with Crippen LogP contribution in [-0.2, 0) is 16.1 Å². The summed E-state index contributed by atoms with van der Waals surface area (Å²) in [5.74, 6) is -0.718. The van der Waals surface area contributed by atoms with E-state index in [4.69, 9.17) is 10.5 Å². The van der Waals surface area contributed by atoms with Gasteiger partial charge in [-0.25, -0.2) is 0 Å². The summed E-state index contributed by atoms with van der Waals surface area (Å²) in [7, 11) is 0.